The largest absolute Gasteiger partial charge is 0.494 e. The van der Waals surface area contributed by atoms with Crippen molar-refractivity contribution in [3.05, 3.63) is 101 Å². The molecule has 5 aromatic rings. The van der Waals surface area contributed by atoms with E-state index < -0.39 is 17.8 Å². The molecule has 3 aromatic carbocycles. The molecule has 0 fully saturated rings. The number of anilines is 1. The first kappa shape index (κ1) is 25.5. The topological polar surface area (TPSA) is 105 Å². The lowest BCUT2D eigenvalue weighted by Gasteiger charge is -2.31. The molecule has 10 heteroatoms. The van der Waals surface area contributed by atoms with Gasteiger partial charge in [0.2, 0.25) is 0 Å². The maximum atomic E-state index is 14.4. The number of ether oxygens (including phenoxy) is 2. The van der Waals surface area contributed by atoms with E-state index in [2.05, 4.69) is 9.97 Å². The third-order valence-electron chi connectivity index (χ3n) is 7.01. The first-order chi connectivity index (χ1) is 19.4. The molecule has 1 aliphatic rings. The third kappa shape index (κ3) is 4.06. The molecule has 8 nitrogen and oxygen atoms in total. The van der Waals surface area contributed by atoms with Crippen LogP contribution < -0.4 is 15.2 Å². The van der Waals surface area contributed by atoms with E-state index in [1.165, 1.54) is 25.6 Å². The van der Waals surface area contributed by atoms with Crippen molar-refractivity contribution >= 4 is 40.3 Å². The molecule has 0 aliphatic carbocycles. The number of methoxy groups -OCH3 is 1. The van der Waals surface area contributed by atoms with Crippen LogP contribution in [0, 0.1) is 5.82 Å². The van der Waals surface area contributed by atoms with Gasteiger partial charge in [-0.05, 0) is 42.8 Å². The molecule has 200 valence electrons. The Balaban J connectivity index is 1.62. The van der Waals surface area contributed by atoms with Gasteiger partial charge in [0.25, 0.3) is 0 Å². The van der Waals surface area contributed by atoms with Crippen LogP contribution in [0.2, 0.25) is 5.02 Å². The predicted molar refractivity (Wildman–Crippen MR) is 151 cm³/mol. The van der Waals surface area contributed by atoms with Crippen LogP contribution in [-0.4, -0.2) is 33.1 Å². The van der Waals surface area contributed by atoms with E-state index in [-0.39, 0.29) is 5.82 Å². The van der Waals surface area contributed by atoms with E-state index in [0.717, 1.165) is 6.29 Å². The molecule has 2 N–H and O–H groups in total. The normalized spacial score (nSPS) is 15.4. The van der Waals surface area contributed by atoms with Gasteiger partial charge in [0, 0.05) is 16.7 Å². The van der Waals surface area contributed by atoms with Crippen LogP contribution in [0.1, 0.15) is 30.0 Å². The smallest absolute Gasteiger partial charge is 0.164 e. The highest BCUT2D eigenvalue weighted by Crippen LogP contribution is 2.47. The van der Waals surface area contributed by atoms with E-state index in [1.807, 2.05) is 31.2 Å². The number of fused-ring (bicyclic) bond motifs is 2. The Kier molecular flexibility index (Phi) is 6.43. The van der Waals surface area contributed by atoms with E-state index in [9.17, 15) is 9.18 Å². The van der Waals surface area contributed by atoms with Gasteiger partial charge in [-0.15, -0.1) is 0 Å². The number of para-hydroxylation sites is 2. The molecular weight excluding hydrogens is 533 g/mol. The van der Waals surface area contributed by atoms with Crippen molar-refractivity contribution in [1.29, 1.82) is 0 Å². The van der Waals surface area contributed by atoms with Gasteiger partial charge in [-0.25, -0.2) is 19.0 Å². The molecule has 40 heavy (non-hydrogen) atoms. The van der Waals surface area contributed by atoms with Gasteiger partial charge in [-0.3, -0.25) is 0 Å². The molecule has 0 spiro atoms. The summed E-state index contributed by atoms with van der Waals surface area (Å²) >= 11 is 6.43. The number of benzene rings is 3. The molecule has 0 saturated carbocycles. The van der Waals surface area contributed by atoms with E-state index >= 15 is 0 Å². The molecule has 0 bridgehead atoms. The second-order valence-electron chi connectivity index (χ2n) is 9.29. The Hall–Kier alpha value is -4.76. The fourth-order valence-electron chi connectivity index (χ4n) is 5.21. The monoisotopic (exact) mass is 555 g/mol. The van der Waals surface area contributed by atoms with E-state index in [4.69, 9.17) is 31.9 Å². The number of carbonyl (C=O) groups is 1. The second kappa shape index (κ2) is 10.1. The van der Waals surface area contributed by atoms with Crippen molar-refractivity contribution in [3.63, 3.8) is 0 Å². The quantitative estimate of drug-likeness (QED) is 0.248. The number of carbonyl (C=O) groups excluding carboxylic acids is 1. The maximum absolute atomic E-state index is 14.4. The minimum Gasteiger partial charge on any atom is -0.494 e. The number of aldehydes is 1. The molecule has 2 atom stereocenters. The molecule has 6 rings (SSSR count). The Morgan fingerprint density at radius 3 is 2.70 bits per heavy atom. The molecule has 1 aliphatic heterocycles. The van der Waals surface area contributed by atoms with Crippen LogP contribution in [-0.2, 0) is 4.79 Å². The van der Waals surface area contributed by atoms with Crippen molar-refractivity contribution in [2.45, 2.75) is 18.9 Å². The van der Waals surface area contributed by atoms with Gasteiger partial charge < -0.3 is 20.0 Å². The van der Waals surface area contributed by atoms with Gasteiger partial charge in [0.05, 0.1) is 23.4 Å². The van der Waals surface area contributed by atoms with Crippen molar-refractivity contribution in [2.24, 2.45) is 0 Å². The van der Waals surface area contributed by atoms with Gasteiger partial charge >= 0.3 is 0 Å². The number of nitrogens with zero attached hydrogens (tertiary/aromatic N) is 4. The molecule has 0 saturated heterocycles. The molecule has 0 amide bonds. The lowest BCUT2D eigenvalue weighted by molar-refractivity contribution is -0.108. The fraction of sp³-hybridized carbons (Fsp3) is 0.133. The third-order valence-corrected chi connectivity index (χ3v) is 7.31. The molecule has 3 heterocycles. The zero-order valence-electron chi connectivity index (χ0n) is 21.5. The van der Waals surface area contributed by atoms with Crippen LogP contribution in [0.5, 0.6) is 11.5 Å². The number of allylic oxidation sites excluding steroid dienone is 2. The number of nitrogens with two attached hydrogens (primary N) is 1. The van der Waals surface area contributed by atoms with Crippen LogP contribution >= 0.6 is 11.6 Å². The highest BCUT2D eigenvalue weighted by molar-refractivity contribution is 6.32. The first-order valence-electron chi connectivity index (χ1n) is 12.5. The molecular formula is C30H23ClFN5O3. The van der Waals surface area contributed by atoms with Crippen molar-refractivity contribution in [3.8, 4) is 22.8 Å². The average molecular weight is 556 g/mol. The zero-order valence-corrected chi connectivity index (χ0v) is 22.3. The second-order valence-corrected chi connectivity index (χ2v) is 9.70. The Morgan fingerprint density at radius 1 is 1.12 bits per heavy atom. The summed E-state index contributed by atoms with van der Waals surface area (Å²) in [6.07, 6.45) is 2.20. The van der Waals surface area contributed by atoms with Gasteiger partial charge in [-0.2, -0.15) is 5.10 Å². The summed E-state index contributed by atoms with van der Waals surface area (Å²) < 4.78 is 28.1. The summed E-state index contributed by atoms with van der Waals surface area (Å²) in [5, 5.41) is 5.83. The number of hydrogen-bond acceptors (Lipinski definition) is 7. The zero-order chi connectivity index (χ0) is 28.0. The maximum Gasteiger partial charge on any atom is 0.164 e. The number of aromatic nitrogens is 4. The highest BCUT2D eigenvalue weighted by Gasteiger charge is 2.35. The number of rotatable bonds is 6. The minimum absolute atomic E-state index is 0.223. The highest BCUT2D eigenvalue weighted by atomic mass is 35.5. The van der Waals surface area contributed by atoms with Crippen LogP contribution in [0.3, 0.4) is 0 Å². The SMILES string of the molecule is COc1c(Cl)cccc1-c1nn(C(C)C2=C(c3cccc(F)c3)C(C=O)c3ccccc3O2)c2ncnc(N)c12. The van der Waals surface area contributed by atoms with Crippen molar-refractivity contribution in [2.75, 3.05) is 12.8 Å². The van der Waals surface area contributed by atoms with E-state index in [0.29, 0.717) is 61.3 Å². The number of halogens is 2. The summed E-state index contributed by atoms with van der Waals surface area (Å²) in [5.74, 6) is 0.478. The fourth-order valence-corrected chi connectivity index (χ4v) is 5.46. The predicted octanol–water partition coefficient (Wildman–Crippen LogP) is 6.22. The van der Waals surface area contributed by atoms with Crippen molar-refractivity contribution in [1.82, 2.24) is 19.7 Å². The molecule has 2 aromatic heterocycles. The summed E-state index contributed by atoms with van der Waals surface area (Å²) in [4.78, 5) is 21.3. The number of hydrogen-bond donors (Lipinski definition) is 1. The van der Waals surface area contributed by atoms with Crippen LogP contribution in [0.25, 0.3) is 27.9 Å². The van der Waals surface area contributed by atoms with E-state index in [1.54, 1.807) is 35.0 Å². The van der Waals surface area contributed by atoms with Gasteiger partial charge in [0.15, 0.2) is 5.65 Å². The molecule has 0 radical (unpaired) electrons. The summed E-state index contributed by atoms with van der Waals surface area (Å²) in [6.45, 7) is 1.87. The summed E-state index contributed by atoms with van der Waals surface area (Å²) in [6, 6.07) is 18.1. The standard InChI is InChI=1S/C30H23ClFN5O3/c1-16(27-24(17-7-5-8-18(32)13-17)21(14-38)19-9-3-4-12-23(19)40-27)37-30-25(29(33)34-15-35-30)26(36-37)20-10-6-11-22(31)28(20)39-2/h3-16,21H,1-2H3,(H2,33,34,35). The Morgan fingerprint density at radius 2 is 1.93 bits per heavy atom. The lowest BCUT2D eigenvalue weighted by atomic mass is 9.83. The minimum atomic E-state index is -0.696. The first-order valence-corrected chi connectivity index (χ1v) is 12.8. The Labute approximate surface area is 233 Å². The van der Waals surface area contributed by atoms with Crippen molar-refractivity contribution < 1.29 is 18.7 Å². The molecule has 2 unspecified atom stereocenters. The lowest BCUT2D eigenvalue weighted by Crippen LogP contribution is -2.23. The van der Waals surface area contributed by atoms with Crippen LogP contribution in [0.15, 0.2) is 78.8 Å². The summed E-state index contributed by atoms with van der Waals surface area (Å²) in [5.41, 5.74) is 9.61. The number of nitrogen functional groups attached to an aromatic ring is 1. The Bertz CT molecular complexity index is 1820. The van der Waals surface area contributed by atoms with Gasteiger partial charge in [0.1, 0.15) is 53.2 Å². The van der Waals surface area contributed by atoms with Gasteiger partial charge in [-0.1, -0.05) is 48.0 Å². The average Bonchev–Trinajstić information content (AvgIpc) is 3.36. The van der Waals surface area contributed by atoms with Crippen LogP contribution in [0.4, 0.5) is 10.2 Å². The summed E-state index contributed by atoms with van der Waals surface area (Å²) in [7, 11) is 1.52.